The number of hydrogen-bond acceptors (Lipinski definition) is 8. The van der Waals surface area contributed by atoms with Crippen LogP contribution in [-0.2, 0) is 22.6 Å². The van der Waals surface area contributed by atoms with Crippen LogP contribution in [0.4, 0.5) is 0 Å². The fourth-order valence-electron chi connectivity index (χ4n) is 6.77. The van der Waals surface area contributed by atoms with Crippen molar-refractivity contribution < 1.29 is 28.6 Å². The number of fused-ring (bicyclic) bond motifs is 3. The number of carboxylic acid groups (broad SMARTS) is 1. The molecule has 0 radical (unpaired) electrons. The van der Waals surface area contributed by atoms with Crippen molar-refractivity contribution in [2.75, 3.05) is 19.8 Å². The fraction of sp³-hybridized carbons (Fsp3) is 0.600. The molecule has 42 heavy (non-hydrogen) atoms. The van der Waals surface area contributed by atoms with Gasteiger partial charge < -0.3 is 23.8 Å². The first-order chi connectivity index (χ1) is 20.3. The van der Waals surface area contributed by atoms with Gasteiger partial charge in [-0.25, -0.2) is 4.79 Å². The molecule has 0 aromatic carbocycles. The summed E-state index contributed by atoms with van der Waals surface area (Å²) < 4.78 is 25.7. The van der Waals surface area contributed by atoms with Gasteiger partial charge in [-0.1, -0.05) is 28.4 Å². The molecule has 5 aliphatic rings. The number of ether oxygens (including phenoxy) is 3. The Morgan fingerprint density at radius 3 is 2.40 bits per heavy atom. The van der Waals surface area contributed by atoms with Crippen LogP contribution in [0.3, 0.4) is 0 Å². The SMILES string of the molecule is Cc1c(OCC23CCC(OCc4c(-c5c(Cl)cncc5Cl)noc4C4CC4)(CC2)CC3)nn(CC2COC2)c1C(=O)O. The smallest absolute Gasteiger partial charge is 0.354 e. The Morgan fingerprint density at radius 2 is 1.81 bits per heavy atom. The van der Waals surface area contributed by atoms with Crippen LogP contribution in [0.5, 0.6) is 5.88 Å². The van der Waals surface area contributed by atoms with E-state index in [0.29, 0.717) is 71.6 Å². The van der Waals surface area contributed by atoms with Crippen molar-refractivity contribution in [3.05, 3.63) is 45.0 Å². The van der Waals surface area contributed by atoms with Gasteiger partial charge in [-0.2, -0.15) is 0 Å². The molecule has 0 atom stereocenters. The van der Waals surface area contributed by atoms with Crippen molar-refractivity contribution in [3.8, 4) is 17.1 Å². The normalized spacial score (nSPS) is 25.5. The van der Waals surface area contributed by atoms with Crippen LogP contribution in [0.25, 0.3) is 11.3 Å². The molecule has 3 aromatic rings. The maximum Gasteiger partial charge on any atom is 0.354 e. The van der Waals surface area contributed by atoms with E-state index in [2.05, 4.69) is 15.2 Å². The second-order valence-corrected chi connectivity index (χ2v) is 13.4. The number of aromatic carboxylic acids is 1. The number of hydrogen-bond donors (Lipinski definition) is 1. The third-order valence-electron chi connectivity index (χ3n) is 9.71. The van der Waals surface area contributed by atoms with E-state index in [1.807, 2.05) is 0 Å². The predicted molar refractivity (Wildman–Crippen MR) is 153 cm³/mol. The van der Waals surface area contributed by atoms with Crippen molar-refractivity contribution in [3.63, 3.8) is 0 Å². The summed E-state index contributed by atoms with van der Waals surface area (Å²) in [6, 6.07) is 0. The van der Waals surface area contributed by atoms with Crippen LogP contribution in [0, 0.1) is 18.3 Å². The molecule has 4 heterocycles. The van der Waals surface area contributed by atoms with Crippen molar-refractivity contribution >= 4 is 29.2 Å². The molecule has 1 N–H and O–H groups in total. The average molecular weight is 618 g/mol. The van der Waals surface area contributed by atoms with Crippen molar-refractivity contribution in [1.82, 2.24) is 19.9 Å². The third-order valence-corrected chi connectivity index (χ3v) is 10.3. The van der Waals surface area contributed by atoms with Gasteiger partial charge in [0.05, 0.1) is 42.1 Å². The van der Waals surface area contributed by atoms with Gasteiger partial charge >= 0.3 is 5.97 Å². The summed E-state index contributed by atoms with van der Waals surface area (Å²) in [5, 5.41) is 19.6. The number of aromatic nitrogens is 4. The van der Waals surface area contributed by atoms with Gasteiger partial charge in [0.1, 0.15) is 11.5 Å². The van der Waals surface area contributed by atoms with Crippen LogP contribution in [-0.4, -0.2) is 56.4 Å². The molecular formula is C30H34Cl2N4O6. The Hall–Kier alpha value is -2.66. The van der Waals surface area contributed by atoms with Gasteiger partial charge in [-0.3, -0.25) is 9.67 Å². The molecule has 224 valence electrons. The Balaban J connectivity index is 1.02. The Kier molecular flexibility index (Phi) is 7.24. The predicted octanol–water partition coefficient (Wildman–Crippen LogP) is 6.46. The number of carboxylic acids is 1. The minimum Gasteiger partial charge on any atom is -0.477 e. The lowest BCUT2D eigenvalue weighted by Gasteiger charge is -2.52. The topological polar surface area (TPSA) is 122 Å². The van der Waals surface area contributed by atoms with Crippen molar-refractivity contribution in [2.24, 2.45) is 11.3 Å². The zero-order valence-electron chi connectivity index (χ0n) is 23.5. The van der Waals surface area contributed by atoms with Crippen LogP contribution in [0.1, 0.15) is 84.7 Å². The van der Waals surface area contributed by atoms with Crippen LogP contribution < -0.4 is 4.74 Å². The zero-order valence-corrected chi connectivity index (χ0v) is 25.0. The number of rotatable bonds is 11. The van der Waals surface area contributed by atoms with Crippen LogP contribution in [0.2, 0.25) is 10.0 Å². The number of halogens is 2. The summed E-state index contributed by atoms with van der Waals surface area (Å²) in [6.45, 7) is 4.47. The van der Waals surface area contributed by atoms with E-state index in [4.69, 9.17) is 41.9 Å². The molecule has 2 bridgehead atoms. The highest BCUT2D eigenvalue weighted by atomic mass is 35.5. The van der Waals surface area contributed by atoms with E-state index in [-0.39, 0.29) is 22.6 Å². The lowest BCUT2D eigenvalue weighted by Crippen LogP contribution is -2.49. The average Bonchev–Trinajstić information content (AvgIpc) is 3.64. The Labute approximate surface area is 253 Å². The molecule has 0 spiro atoms. The summed E-state index contributed by atoms with van der Waals surface area (Å²) in [5.41, 5.74) is 2.81. The lowest BCUT2D eigenvalue weighted by molar-refractivity contribution is -0.150. The number of pyridine rings is 1. The molecule has 10 nitrogen and oxygen atoms in total. The number of carbonyl (C=O) groups is 1. The second kappa shape index (κ2) is 10.8. The molecule has 4 aliphatic carbocycles. The van der Waals surface area contributed by atoms with E-state index < -0.39 is 5.97 Å². The monoisotopic (exact) mass is 616 g/mol. The molecular weight excluding hydrogens is 583 g/mol. The molecule has 4 saturated carbocycles. The summed E-state index contributed by atoms with van der Waals surface area (Å²) >= 11 is 13.0. The molecule has 1 aliphatic heterocycles. The molecule has 12 heteroatoms. The molecule has 1 saturated heterocycles. The zero-order chi connectivity index (χ0) is 29.1. The minimum atomic E-state index is -0.986. The molecule has 0 unspecified atom stereocenters. The molecule has 3 aromatic heterocycles. The lowest BCUT2D eigenvalue weighted by atomic mass is 9.59. The summed E-state index contributed by atoms with van der Waals surface area (Å²) in [6.07, 6.45) is 11.0. The first-order valence-electron chi connectivity index (χ1n) is 14.7. The summed E-state index contributed by atoms with van der Waals surface area (Å²) in [7, 11) is 0. The highest BCUT2D eigenvalue weighted by Gasteiger charge is 2.50. The van der Waals surface area contributed by atoms with E-state index in [1.165, 1.54) is 0 Å². The standard InChI is InChI=1S/C30H34Cl2N4O6/c1-17-25(28(37)38)36(12-18-13-39-14-18)34-27(17)40-16-29-4-7-30(8-5-29,9-6-29)41-15-20-24(35-42-26(20)19-2-3-19)23-21(31)10-33-11-22(23)32/h10-11,18-19H,2-9,12-16H2,1H3,(H,37,38). The van der Waals surface area contributed by atoms with Crippen molar-refractivity contribution in [2.45, 2.75) is 83.0 Å². The summed E-state index contributed by atoms with van der Waals surface area (Å²) in [5.74, 6) is 0.952. The van der Waals surface area contributed by atoms with Crippen molar-refractivity contribution in [1.29, 1.82) is 0 Å². The van der Waals surface area contributed by atoms with E-state index in [9.17, 15) is 9.90 Å². The first-order valence-corrected chi connectivity index (χ1v) is 15.5. The maximum absolute atomic E-state index is 12.0. The van der Waals surface area contributed by atoms with Gasteiger partial charge in [-0.15, -0.1) is 5.10 Å². The summed E-state index contributed by atoms with van der Waals surface area (Å²) in [4.78, 5) is 16.0. The van der Waals surface area contributed by atoms with Gasteiger partial charge in [0.2, 0.25) is 5.88 Å². The largest absolute Gasteiger partial charge is 0.477 e. The van der Waals surface area contributed by atoms with E-state index in [0.717, 1.165) is 62.7 Å². The van der Waals surface area contributed by atoms with Gasteiger partial charge in [0, 0.05) is 52.9 Å². The van der Waals surface area contributed by atoms with Gasteiger partial charge in [-0.05, 0) is 58.3 Å². The molecule has 5 fully saturated rings. The molecule has 8 rings (SSSR count). The van der Waals surface area contributed by atoms with E-state index in [1.54, 1.807) is 24.0 Å². The maximum atomic E-state index is 12.0. The number of nitrogens with zero attached hydrogens (tertiary/aromatic N) is 4. The van der Waals surface area contributed by atoms with Gasteiger partial charge in [0.25, 0.3) is 0 Å². The molecule has 0 amide bonds. The third kappa shape index (κ3) is 5.10. The Morgan fingerprint density at radius 1 is 1.12 bits per heavy atom. The van der Waals surface area contributed by atoms with Crippen LogP contribution >= 0.6 is 23.2 Å². The van der Waals surface area contributed by atoms with Gasteiger partial charge in [0.15, 0.2) is 5.69 Å². The Bertz CT molecular complexity index is 1470. The highest BCUT2D eigenvalue weighted by Crippen LogP contribution is 2.55. The highest BCUT2D eigenvalue weighted by molar-refractivity contribution is 6.38. The van der Waals surface area contributed by atoms with E-state index >= 15 is 0 Å². The quantitative estimate of drug-likeness (QED) is 0.258. The minimum absolute atomic E-state index is 0.0339. The fourth-order valence-corrected chi connectivity index (χ4v) is 7.32. The first kappa shape index (κ1) is 28.1. The van der Waals surface area contributed by atoms with Crippen LogP contribution in [0.15, 0.2) is 16.9 Å². The second-order valence-electron chi connectivity index (χ2n) is 12.6.